The van der Waals surface area contributed by atoms with Gasteiger partial charge in [0, 0.05) is 6.07 Å². The highest BCUT2D eigenvalue weighted by atomic mass is 16.6. The summed E-state index contributed by atoms with van der Waals surface area (Å²) in [4.78, 5) is 22.1. The highest BCUT2D eigenvalue weighted by molar-refractivity contribution is 5.94. The number of carbonyl (C=O) groups excluding carboxylic acids is 1. The van der Waals surface area contributed by atoms with Crippen LogP contribution in [-0.2, 0) is 4.74 Å². The summed E-state index contributed by atoms with van der Waals surface area (Å²) in [6, 6.07) is 12.6. The average molecular weight is 273 g/mol. The van der Waals surface area contributed by atoms with Crippen molar-refractivity contribution in [2.45, 2.75) is 0 Å². The lowest BCUT2D eigenvalue weighted by atomic mass is 10.1. The third-order valence-corrected chi connectivity index (χ3v) is 2.56. The number of benzene rings is 2. The van der Waals surface area contributed by atoms with Gasteiger partial charge in [-0.15, -0.1) is 0 Å². The first-order valence-electron chi connectivity index (χ1n) is 5.72. The van der Waals surface area contributed by atoms with Gasteiger partial charge in [0.05, 0.1) is 12.0 Å². The molecule has 0 amide bonds. The summed E-state index contributed by atoms with van der Waals surface area (Å²) in [7, 11) is 1.20. The van der Waals surface area contributed by atoms with Gasteiger partial charge in [0.25, 0.3) is 0 Å². The van der Waals surface area contributed by atoms with Crippen LogP contribution in [0.2, 0.25) is 0 Å². The standard InChI is InChI=1S/C14H11NO5/c1-19-14(16)11-8-5-9-12(15(17)18)13(11)20-10-6-3-2-4-7-10/h2-9H,1H3. The summed E-state index contributed by atoms with van der Waals surface area (Å²) >= 11 is 0. The van der Waals surface area contributed by atoms with E-state index in [2.05, 4.69) is 4.74 Å². The Bertz CT molecular complexity index is 639. The predicted octanol–water partition coefficient (Wildman–Crippen LogP) is 3.17. The van der Waals surface area contributed by atoms with E-state index in [0.717, 1.165) is 0 Å². The van der Waals surface area contributed by atoms with Crippen LogP contribution in [0.25, 0.3) is 0 Å². The van der Waals surface area contributed by atoms with Gasteiger partial charge in [0.1, 0.15) is 11.3 Å². The molecule has 2 aromatic rings. The number of hydrogen-bond donors (Lipinski definition) is 0. The number of hydrogen-bond acceptors (Lipinski definition) is 5. The lowest BCUT2D eigenvalue weighted by Gasteiger charge is -2.10. The fraction of sp³-hybridized carbons (Fsp3) is 0.0714. The van der Waals surface area contributed by atoms with Crippen molar-refractivity contribution in [3.05, 3.63) is 64.2 Å². The number of ether oxygens (including phenoxy) is 2. The molecule has 0 unspecified atom stereocenters. The fourth-order valence-electron chi connectivity index (χ4n) is 1.65. The summed E-state index contributed by atoms with van der Waals surface area (Å²) in [5, 5.41) is 11.0. The van der Waals surface area contributed by atoms with E-state index in [9.17, 15) is 14.9 Å². The number of rotatable bonds is 4. The van der Waals surface area contributed by atoms with E-state index in [1.807, 2.05) is 0 Å². The summed E-state index contributed by atoms with van der Waals surface area (Å²) in [5.41, 5.74) is -0.290. The Labute approximate surface area is 114 Å². The second-order valence-corrected chi connectivity index (χ2v) is 3.82. The number of nitro groups is 1. The first kappa shape index (κ1) is 13.5. The largest absolute Gasteiger partial charge is 0.465 e. The van der Waals surface area contributed by atoms with Crippen LogP contribution in [0.3, 0.4) is 0 Å². The van der Waals surface area contributed by atoms with Crippen LogP contribution in [-0.4, -0.2) is 18.0 Å². The summed E-state index contributed by atoms with van der Waals surface area (Å²) in [6.45, 7) is 0. The van der Waals surface area contributed by atoms with Gasteiger partial charge in [-0.2, -0.15) is 0 Å². The summed E-state index contributed by atoms with van der Waals surface area (Å²) < 4.78 is 10.1. The molecular weight excluding hydrogens is 262 g/mol. The van der Waals surface area contributed by atoms with Gasteiger partial charge in [0.2, 0.25) is 5.75 Å². The van der Waals surface area contributed by atoms with Gasteiger partial charge < -0.3 is 9.47 Å². The van der Waals surface area contributed by atoms with E-state index in [1.165, 1.54) is 25.3 Å². The van der Waals surface area contributed by atoms with Crippen molar-refractivity contribution in [1.29, 1.82) is 0 Å². The topological polar surface area (TPSA) is 78.7 Å². The van der Waals surface area contributed by atoms with E-state index >= 15 is 0 Å². The second kappa shape index (κ2) is 5.83. The van der Waals surface area contributed by atoms with E-state index in [0.29, 0.717) is 5.75 Å². The van der Waals surface area contributed by atoms with Gasteiger partial charge in [-0.05, 0) is 18.2 Å². The van der Waals surface area contributed by atoms with Crippen LogP contribution in [0.4, 0.5) is 5.69 Å². The molecule has 20 heavy (non-hydrogen) atoms. The van der Waals surface area contributed by atoms with Crippen LogP contribution in [0.15, 0.2) is 48.5 Å². The van der Waals surface area contributed by atoms with Gasteiger partial charge in [0.15, 0.2) is 0 Å². The molecule has 0 aliphatic heterocycles. The minimum absolute atomic E-state index is 0.00514. The molecule has 0 aliphatic carbocycles. The molecule has 0 aliphatic rings. The molecule has 0 N–H and O–H groups in total. The van der Waals surface area contributed by atoms with Gasteiger partial charge in [-0.3, -0.25) is 10.1 Å². The van der Waals surface area contributed by atoms with Gasteiger partial charge >= 0.3 is 11.7 Å². The van der Waals surface area contributed by atoms with Crippen LogP contribution >= 0.6 is 0 Å². The molecule has 2 aromatic carbocycles. The second-order valence-electron chi connectivity index (χ2n) is 3.82. The molecule has 6 heteroatoms. The maximum Gasteiger partial charge on any atom is 0.341 e. The van der Waals surface area contributed by atoms with Crippen molar-refractivity contribution in [2.75, 3.05) is 7.11 Å². The molecule has 0 radical (unpaired) electrons. The van der Waals surface area contributed by atoms with E-state index < -0.39 is 10.9 Å². The summed E-state index contributed by atoms with van der Waals surface area (Å²) in [5.74, 6) is -0.429. The van der Waals surface area contributed by atoms with E-state index in [-0.39, 0.29) is 17.0 Å². The molecule has 0 aromatic heterocycles. The number of methoxy groups -OCH3 is 1. The minimum Gasteiger partial charge on any atom is -0.465 e. The van der Waals surface area contributed by atoms with E-state index in [1.54, 1.807) is 30.3 Å². The number of nitrogens with zero attached hydrogens (tertiary/aromatic N) is 1. The van der Waals surface area contributed by atoms with Crippen molar-refractivity contribution in [1.82, 2.24) is 0 Å². The van der Waals surface area contributed by atoms with Crippen LogP contribution < -0.4 is 4.74 Å². The van der Waals surface area contributed by atoms with Crippen LogP contribution in [0.1, 0.15) is 10.4 Å². The van der Waals surface area contributed by atoms with E-state index in [4.69, 9.17) is 4.74 Å². The lowest BCUT2D eigenvalue weighted by Crippen LogP contribution is -2.05. The van der Waals surface area contributed by atoms with Crippen LogP contribution in [0, 0.1) is 10.1 Å². The molecular formula is C14H11NO5. The first-order valence-corrected chi connectivity index (χ1v) is 5.72. The molecule has 2 rings (SSSR count). The minimum atomic E-state index is -0.695. The normalized spacial score (nSPS) is 9.85. The Kier molecular flexibility index (Phi) is 3.95. The van der Waals surface area contributed by atoms with Gasteiger partial charge in [-0.25, -0.2) is 4.79 Å². The van der Waals surface area contributed by atoms with Crippen molar-refractivity contribution >= 4 is 11.7 Å². The molecule has 0 saturated carbocycles. The Morgan fingerprint density at radius 3 is 2.40 bits per heavy atom. The number of esters is 1. The Balaban J connectivity index is 2.52. The zero-order valence-electron chi connectivity index (χ0n) is 10.6. The zero-order valence-corrected chi connectivity index (χ0v) is 10.6. The molecule has 0 heterocycles. The van der Waals surface area contributed by atoms with Crippen molar-refractivity contribution in [3.8, 4) is 11.5 Å². The number of nitro benzene ring substituents is 1. The number of para-hydroxylation sites is 2. The first-order chi connectivity index (χ1) is 9.63. The molecule has 0 fully saturated rings. The van der Waals surface area contributed by atoms with Crippen molar-refractivity contribution in [2.24, 2.45) is 0 Å². The fourth-order valence-corrected chi connectivity index (χ4v) is 1.65. The summed E-state index contributed by atoms with van der Waals surface area (Å²) in [6.07, 6.45) is 0. The van der Waals surface area contributed by atoms with Crippen molar-refractivity contribution in [3.63, 3.8) is 0 Å². The average Bonchev–Trinajstić information content (AvgIpc) is 2.47. The third kappa shape index (κ3) is 2.74. The Morgan fingerprint density at radius 1 is 1.10 bits per heavy atom. The predicted molar refractivity (Wildman–Crippen MR) is 71.0 cm³/mol. The van der Waals surface area contributed by atoms with Gasteiger partial charge in [-0.1, -0.05) is 24.3 Å². The Morgan fingerprint density at radius 2 is 1.80 bits per heavy atom. The number of carbonyl (C=O) groups is 1. The van der Waals surface area contributed by atoms with Crippen molar-refractivity contribution < 1.29 is 19.2 Å². The molecule has 0 spiro atoms. The SMILES string of the molecule is COC(=O)c1cccc([N+](=O)[O-])c1Oc1ccccc1. The zero-order chi connectivity index (χ0) is 14.5. The maximum atomic E-state index is 11.7. The quantitative estimate of drug-likeness (QED) is 0.485. The molecule has 0 bridgehead atoms. The molecule has 0 atom stereocenters. The highest BCUT2D eigenvalue weighted by Gasteiger charge is 2.24. The highest BCUT2D eigenvalue weighted by Crippen LogP contribution is 2.35. The molecule has 6 nitrogen and oxygen atoms in total. The lowest BCUT2D eigenvalue weighted by molar-refractivity contribution is -0.385. The van der Waals surface area contributed by atoms with Crippen LogP contribution in [0.5, 0.6) is 11.5 Å². The molecule has 0 saturated heterocycles. The monoisotopic (exact) mass is 273 g/mol. The maximum absolute atomic E-state index is 11.7. The Hall–Kier alpha value is -2.89. The third-order valence-electron chi connectivity index (χ3n) is 2.56. The smallest absolute Gasteiger partial charge is 0.341 e. The molecule has 102 valence electrons.